The van der Waals surface area contributed by atoms with E-state index in [9.17, 15) is 4.79 Å². The summed E-state index contributed by atoms with van der Waals surface area (Å²) in [4.78, 5) is 14.9. The van der Waals surface area contributed by atoms with Gasteiger partial charge in [-0.25, -0.2) is 0 Å². The first-order valence-corrected chi connectivity index (χ1v) is 6.49. The lowest BCUT2D eigenvalue weighted by Gasteiger charge is -2.33. The van der Waals surface area contributed by atoms with Crippen LogP contribution in [0.2, 0.25) is 0 Å². The fraction of sp³-hybridized carbons (Fsp3) is 0.533. The first kappa shape index (κ1) is 13.1. The zero-order chi connectivity index (χ0) is 13.2. The minimum absolute atomic E-state index is 0.170. The van der Waals surface area contributed by atoms with Crippen molar-refractivity contribution in [1.82, 2.24) is 4.90 Å². The number of methoxy groups -OCH3 is 1. The topological polar surface area (TPSA) is 29.5 Å². The Kier molecular flexibility index (Phi) is 3.71. The van der Waals surface area contributed by atoms with Gasteiger partial charge in [0.15, 0.2) is 5.78 Å². The molecule has 0 saturated carbocycles. The molecule has 1 aliphatic rings. The second-order valence-electron chi connectivity index (χ2n) is 5.31. The van der Waals surface area contributed by atoms with Crippen LogP contribution in [-0.4, -0.2) is 36.4 Å². The maximum absolute atomic E-state index is 12.6. The minimum Gasteiger partial charge on any atom is -0.497 e. The molecule has 0 aliphatic carbocycles. The van der Waals surface area contributed by atoms with Gasteiger partial charge in [0.1, 0.15) is 5.75 Å². The van der Waals surface area contributed by atoms with Crippen molar-refractivity contribution < 1.29 is 9.53 Å². The molecule has 1 saturated heterocycles. The molecule has 3 nitrogen and oxygen atoms in total. The average Bonchev–Trinajstić information content (AvgIpc) is 2.92. The molecule has 3 heteroatoms. The molecule has 0 aromatic heterocycles. The Morgan fingerprint density at radius 3 is 2.56 bits per heavy atom. The number of ketones is 1. The molecule has 0 unspecified atom stereocenters. The number of hydrogen-bond donors (Lipinski definition) is 0. The van der Waals surface area contributed by atoms with Crippen molar-refractivity contribution in [2.24, 2.45) is 0 Å². The largest absolute Gasteiger partial charge is 0.497 e. The van der Waals surface area contributed by atoms with Crippen LogP contribution in [-0.2, 0) is 0 Å². The highest BCUT2D eigenvalue weighted by Gasteiger charge is 2.36. The number of nitrogens with zero attached hydrogens (tertiary/aromatic N) is 1. The zero-order valence-corrected chi connectivity index (χ0v) is 11.4. The Labute approximate surface area is 109 Å². The van der Waals surface area contributed by atoms with Crippen molar-refractivity contribution in [3.63, 3.8) is 0 Å². The van der Waals surface area contributed by atoms with Crippen LogP contribution < -0.4 is 4.74 Å². The number of carbonyl (C=O) groups excluding carboxylic acids is 1. The molecular weight excluding hydrogens is 226 g/mol. The van der Waals surface area contributed by atoms with Gasteiger partial charge in [0.25, 0.3) is 0 Å². The van der Waals surface area contributed by atoms with Crippen LogP contribution in [0.15, 0.2) is 24.3 Å². The predicted molar refractivity (Wildman–Crippen MR) is 72.2 cm³/mol. The van der Waals surface area contributed by atoms with E-state index in [4.69, 9.17) is 4.74 Å². The Morgan fingerprint density at radius 1 is 1.28 bits per heavy atom. The number of likely N-dealkylation sites (tertiary alicyclic amines) is 1. The van der Waals surface area contributed by atoms with Gasteiger partial charge in [0, 0.05) is 5.56 Å². The summed E-state index contributed by atoms with van der Waals surface area (Å²) in [5.74, 6) is 0.904. The van der Waals surface area contributed by atoms with E-state index in [1.165, 1.54) is 12.8 Å². The Morgan fingerprint density at radius 2 is 1.94 bits per heavy atom. The van der Waals surface area contributed by atoms with Crippen molar-refractivity contribution >= 4 is 5.78 Å². The lowest BCUT2D eigenvalue weighted by atomic mass is 9.91. The van der Waals surface area contributed by atoms with Crippen molar-refractivity contribution in [3.05, 3.63) is 29.8 Å². The molecule has 1 aliphatic heterocycles. The highest BCUT2D eigenvalue weighted by Crippen LogP contribution is 2.26. The highest BCUT2D eigenvalue weighted by atomic mass is 16.5. The first-order valence-electron chi connectivity index (χ1n) is 6.49. The van der Waals surface area contributed by atoms with E-state index in [0.717, 1.165) is 24.4 Å². The molecule has 0 spiro atoms. The van der Waals surface area contributed by atoms with E-state index in [0.29, 0.717) is 0 Å². The monoisotopic (exact) mass is 247 g/mol. The smallest absolute Gasteiger partial charge is 0.182 e. The van der Waals surface area contributed by atoms with E-state index in [1.807, 2.05) is 38.1 Å². The summed E-state index contributed by atoms with van der Waals surface area (Å²) in [5, 5.41) is 0. The molecule has 0 atom stereocenters. The van der Waals surface area contributed by atoms with Crippen LogP contribution >= 0.6 is 0 Å². The van der Waals surface area contributed by atoms with E-state index in [-0.39, 0.29) is 5.78 Å². The number of rotatable bonds is 4. The van der Waals surface area contributed by atoms with Crippen LogP contribution in [0.25, 0.3) is 0 Å². The van der Waals surface area contributed by atoms with Gasteiger partial charge in [0.2, 0.25) is 0 Å². The molecule has 0 bridgehead atoms. The second-order valence-corrected chi connectivity index (χ2v) is 5.31. The summed E-state index contributed by atoms with van der Waals surface area (Å²) in [7, 11) is 1.62. The van der Waals surface area contributed by atoms with Crippen LogP contribution in [0, 0.1) is 0 Å². The molecule has 0 amide bonds. The molecule has 0 radical (unpaired) electrons. The van der Waals surface area contributed by atoms with E-state index in [1.54, 1.807) is 7.11 Å². The third-order valence-electron chi connectivity index (χ3n) is 3.78. The predicted octanol–water partition coefficient (Wildman–Crippen LogP) is 2.75. The van der Waals surface area contributed by atoms with Crippen molar-refractivity contribution in [2.75, 3.05) is 20.2 Å². The molecule has 1 aromatic carbocycles. The van der Waals surface area contributed by atoms with Crippen LogP contribution in [0.3, 0.4) is 0 Å². The van der Waals surface area contributed by atoms with Gasteiger partial charge in [-0.15, -0.1) is 0 Å². The molecule has 2 rings (SSSR count). The first-order chi connectivity index (χ1) is 8.55. The van der Waals surface area contributed by atoms with Gasteiger partial charge in [-0.1, -0.05) is 12.1 Å². The molecule has 1 aromatic rings. The summed E-state index contributed by atoms with van der Waals surface area (Å²) in [6.45, 7) is 6.06. The van der Waals surface area contributed by atoms with Crippen LogP contribution in [0.5, 0.6) is 5.75 Å². The summed E-state index contributed by atoms with van der Waals surface area (Å²) in [5.41, 5.74) is 0.300. The van der Waals surface area contributed by atoms with Gasteiger partial charge in [-0.2, -0.15) is 0 Å². The molecule has 0 N–H and O–H groups in total. The second kappa shape index (κ2) is 5.11. The van der Waals surface area contributed by atoms with Crippen LogP contribution in [0.1, 0.15) is 37.0 Å². The van der Waals surface area contributed by atoms with E-state index >= 15 is 0 Å². The number of hydrogen-bond acceptors (Lipinski definition) is 3. The zero-order valence-electron chi connectivity index (χ0n) is 11.4. The summed E-state index contributed by atoms with van der Waals surface area (Å²) in [6.07, 6.45) is 2.38. The van der Waals surface area contributed by atoms with Crippen LogP contribution in [0.4, 0.5) is 0 Å². The summed E-state index contributed by atoms with van der Waals surface area (Å²) < 4.78 is 5.18. The minimum atomic E-state index is -0.428. The Bertz CT molecular complexity index is 434. The highest BCUT2D eigenvalue weighted by molar-refractivity contribution is 6.03. The third kappa shape index (κ3) is 2.41. The van der Waals surface area contributed by atoms with E-state index < -0.39 is 5.54 Å². The number of Topliss-reactive ketones (excluding diaryl/α,β-unsaturated/α-hetero) is 1. The molecule has 18 heavy (non-hydrogen) atoms. The van der Waals surface area contributed by atoms with Gasteiger partial charge in [0.05, 0.1) is 12.6 Å². The molecule has 98 valence electrons. The normalized spacial score (nSPS) is 16.8. The lowest BCUT2D eigenvalue weighted by molar-refractivity contribution is 0.0702. The van der Waals surface area contributed by atoms with Gasteiger partial charge in [-0.3, -0.25) is 9.69 Å². The number of benzene rings is 1. The van der Waals surface area contributed by atoms with Gasteiger partial charge >= 0.3 is 0 Å². The summed E-state index contributed by atoms with van der Waals surface area (Å²) >= 11 is 0. The number of ether oxygens (including phenoxy) is 1. The molecular formula is C15H21NO2. The van der Waals surface area contributed by atoms with Crippen molar-refractivity contribution in [1.29, 1.82) is 0 Å². The summed E-state index contributed by atoms with van der Waals surface area (Å²) in [6, 6.07) is 7.41. The Balaban J connectivity index is 2.23. The lowest BCUT2D eigenvalue weighted by Crippen LogP contribution is -2.48. The standard InChI is InChI=1S/C15H21NO2/c1-15(2,16-9-4-5-10-16)14(17)12-7-6-8-13(11-12)18-3/h6-8,11H,4-5,9-10H2,1-3H3. The Hall–Kier alpha value is -1.35. The maximum atomic E-state index is 12.6. The number of carbonyl (C=O) groups is 1. The third-order valence-corrected chi connectivity index (χ3v) is 3.78. The van der Waals surface area contributed by atoms with Gasteiger partial charge in [-0.05, 0) is 51.9 Å². The van der Waals surface area contributed by atoms with Gasteiger partial charge < -0.3 is 4.74 Å². The SMILES string of the molecule is COc1cccc(C(=O)C(C)(C)N2CCCC2)c1. The molecule has 1 fully saturated rings. The van der Waals surface area contributed by atoms with Crippen molar-refractivity contribution in [2.45, 2.75) is 32.2 Å². The van der Waals surface area contributed by atoms with Crippen molar-refractivity contribution in [3.8, 4) is 5.75 Å². The maximum Gasteiger partial charge on any atom is 0.182 e. The average molecular weight is 247 g/mol. The fourth-order valence-corrected chi connectivity index (χ4v) is 2.54. The van der Waals surface area contributed by atoms with E-state index in [2.05, 4.69) is 4.90 Å². The fourth-order valence-electron chi connectivity index (χ4n) is 2.54. The quantitative estimate of drug-likeness (QED) is 0.766. The molecule has 1 heterocycles.